The molecule has 0 saturated heterocycles. The van der Waals surface area contributed by atoms with Gasteiger partial charge >= 0.3 is 6.09 Å². The highest BCUT2D eigenvalue weighted by molar-refractivity contribution is 6.32. The van der Waals surface area contributed by atoms with Gasteiger partial charge in [0.25, 0.3) is 0 Å². The molecule has 3 aromatic rings. The average molecular weight is 399 g/mol. The van der Waals surface area contributed by atoms with Gasteiger partial charge in [0.1, 0.15) is 11.3 Å². The molecule has 6 nitrogen and oxygen atoms in total. The summed E-state index contributed by atoms with van der Waals surface area (Å²) in [6, 6.07) is 9.76. The Labute approximate surface area is 168 Å². The number of aromatic nitrogens is 3. The van der Waals surface area contributed by atoms with Gasteiger partial charge in [0, 0.05) is 31.4 Å². The van der Waals surface area contributed by atoms with Crippen molar-refractivity contribution in [3.05, 3.63) is 65.5 Å². The minimum Gasteiger partial charge on any atom is -0.465 e. The summed E-state index contributed by atoms with van der Waals surface area (Å²) < 4.78 is 2.03. The second-order valence-corrected chi connectivity index (χ2v) is 7.81. The molecule has 1 N–H and O–H groups in total. The van der Waals surface area contributed by atoms with Crippen molar-refractivity contribution in [2.75, 3.05) is 6.54 Å². The zero-order valence-electron chi connectivity index (χ0n) is 15.5. The van der Waals surface area contributed by atoms with Crippen molar-refractivity contribution in [3.63, 3.8) is 0 Å². The van der Waals surface area contributed by atoms with Gasteiger partial charge in [0.05, 0.1) is 6.20 Å². The molecule has 0 unspecified atom stereocenters. The maximum absolute atomic E-state index is 11.7. The Morgan fingerprint density at radius 2 is 1.93 bits per heavy atom. The van der Waals surface area contributed by atoms with E-state index < -0.39 is 6.09 Å². The van der Waals surface area contributed by atoms with E-state index in [0.29, 0.717) is 30.1 Å². The van der Waals surface area contributed by atoms with Gasteiger partial charge in [0.2, 0.25) is 0 Å². The molecule has 2 aromatic heterocycles. The molecule has 0 spiro atoms. The molecule has 2 heterocycles. The van der Waals surface area contributed by atoms with Crippen molar-refractivity contribution in [1.82, 2.24) is 19.3 Å². The molecule has 146 valence electrons. The van der Waals surface area contributed by atoms with E-state index in [-0.39, 0.29) is 0 Å². The Balaban J connectivity index is 1.39. The molecule has 1 fully saturated rings. The average Bonchev–Trinajstić information content (AvgIpc) is 3.14. The molecular weight excluding hydrogens is 376 g/mol. The number of nitrogens with zero attached hydrogens (tertiary/aromatic N) is 4. The molecule has 0 radical (unpaired) electrons. The van der Waals surface area contributed by atoms with Crippen LogP contribution in [-0.2, 0) is 6.54 Å². The number of amides is 1. The Morgan fingerprint density at radius 1 is 1.18 bits per heavy atom. The standard InChI is InChI=1S/C21H23ClN4O2/c22-19-18-12-24-20(26(18)11-10-23-19)17-8-6-16(7-9-17)14-25(21(27)28)13-15-4-2-1-3-5-15/h1-5,10-12,16-17H,6-9,13-14H2,(H,27,28)/t16-,17-. The van der Waals surface area contributed by atoms with Crippen LogP contribution in [0.3, 0.4) is 0 Å². The van der Waals surface area contributed by atoms with Gasteiger partial charge in [-0.2, -0.15) is 0 Å². The van der Waals surface area contributed by atoms with E-state index >= 15 is 0 Å². The number of benzene rings is 1. The summed E-state index contributed by atoms with van der Waals surface area (Å²) in [5.41, 5.74) is 1.86. The van der Waals surface area contributed by atoms with E-state index in [1.54, 1.807) is 12.4 Å². The molecule has 1 aromatic carbocycles. The first kappa shape index (κ1) is 18.7. The monoisotopic (exact) mass is 398 g/mol. The van der Waals surface area contributed by atoms with Crippen LogP contribution >= 0.6 is 11.6 Å². The van der Waals surface area contributed by atoms with Gasteiger partial charge in [0.15, 0.2) is 5.15 Å². The van der Waals surface area contributed by atoms with Gasteiger partial charge < -0.3 is 10.0 Å². The maximum Gasteiger partial charge on any atom is 0.407 e. The van der Waals surface area contributed by atoms with Crippen LogP contribution in [0.25, 0.3) is 5.52 Å². The number of halogens is 1. The number of rotatable bonds is 5. The first-order chi connectivity index (χ1) is 13.6. The number of fused-ring (bicyclic) bond motifs is 1. The zero-order valence-corrected chi connectivity index (χ0v) is 16.3. The SMILES string of the molecule is O=C(O)N(Cc1ccccc1)C[C@H]1CC[C@H](c2ncc3c(Cl)nccn32)CC1. The van der Waals surface area contributed by atoms with Gasteiger partial charge in [-0.1, -0.05) is 41.9 Å². The highest BCUT2D eigenvalue weighted by Crippen LogP contribution is 2.36. The van der Waals surface area contributed by atoms with Crippen LogP contribution in [0.5, 0.6) is 0 Å². The molecule has 0 bridgehead atoms. The van der Waals surface area contributed by atoms with Crippen molar-refractivity contribution >= 4 is 23.2 Å². The van der Waals surface area contributed by atoms with Gasteiger partial charge in [-0.15, -0.1) is 0 Å². The van der Waals surface area contributed by atoms with Gasteiger partial charge in [-0.3, -0.25) is 4.40 Å². The first-order valence-corrected chi connectivity index (χ1v) is 9.99. The summed E-state index contributed by atoms with van der Waals surface area (Å²) in [6.45, 7) is 1.02. The topological polar surface area (TPSA) is 70.7 Å². The van der Waals surface area contributed by atoms with Crippen molar-refractivity contribution in [2.24, 2.45) is 5.92 Å². The number of carbonyl (C=O) groups is 1. The molecule has 0 aliphatic heterocycles. The molecule has 0 atom stereocenters. The van der Waals surface area contributed by atoms with E-state index in [2.05, 4.69) is 9.97 Å². The normalized spacial score (nSPS) is 19.6. The van der Waals surface area contributed by atoms with Crippen LogP contribution in [-0.4, -0.2) is 37.0 Å². The largest absolute Gasteiger partial charge is 0.465 e. The van der Waals surface area contributed by atoms with Crippen LogP contribution in [0.2, 0.25) is 5.15 Å². The molecule has 7 heteroatoms. The number of imidazole rings is 1. The smallest absolute Gasteiger partial charge is 0.407 e. The fourth-order valence-corrected chi connectivity index (χ4v) is 4.34. The summed E-state index contributed by atoms with van der Waals surface area (Å²) in [5, 5.41) is 10.1. The van der Waals surface area contributed by atoms with Crippen LogP contribution in [0.4, 0.5) is 4.79 Å². The summed E-state index contributed by atoms with van der Waals surface area (Å²) >= 11 is 6.15. The lowest BCUT2D eigenvalue weighted by atomic mass is 9.81. The second kappa shape index (κ2) is 8.19. The number of hydrogen-bond donors (Lipinski definition) is 1. The molecule has 1 aliphatic carbocycles. The van der Waals surface area contributed by atoms with E-state index in [0.717, 1.165) is 42.6 Å². The Kier molecular flexibility index (Phi) is 5.48. The zero-order chi connectivity index (χ0) is 19.5. The third-order valence-electron chi connectivity index (χ3n) is 5.62. The minimum absolute atomic E-state index is 0.365. The Morgan fingerprint density at radius 3 is 2.64 bits per heavy atom. The Hall–Kier alpha value is -2.60. The third-order valence-corrected chi connectivity index (χ3v) is 5.91. The van der Waals surface area contributed by atoms with E-state index in [9.17, 15) is 9.90 Å². The molecule has 4 rings (SSSR count). The molecule has 1 aliphatic rings. The van der Waals surface area contributed by atoms with Crippen molar-refractivity contribution in [1.29, 1.82) is 0 Å². The lowest BCUT2D eigenvalue weighted by Gasteiger charge is -2.31. The number of carboxylic acid groups (broad SMARTS) is 1. The van der Waals surface area contributed by atoms with Crippen LogP contribution in [0, 0.1) is 5.92 Å². The highest BCUT2D eigenvalue weighted by Gasteiger charge is 2.28. The van der Waals surface area contributed by atoms with E-state index in [1.807, 2.05) is 40.9 Å². The lowest BCUT2D eigenvalue weighted by Crippen LogP contribution is -2.35. The summed E-state index contributed by atoms with van der Waals surface area (Å²) in [4.78, 5) is 21.9. The second-order valence-electron chi connectivity index (χ2n) is 7.46. The fraction of sp³-hybridized carbons (Fsp3) is 0.381. The van der Waals surface area contributed by atoms with Crippen LogP contribution in [0.1, 0.15) is 43.0 Å². The third kappa shape index (κ3) is 3.97. The van der Waals surface area contributed by atoms with Gasteiger partial charge in [-0.25, -0.2) is 14.8 Å². The van der Waals surface area contributed by atoms with E-state index in [1.165, 1.54) is 4.90 Å². The highest BCUT2D eigenvalue weighted by atomic mass is 35.5. The predicted octanol–water partition coefficient (Wildman–Crippen LogP) is 4.84. The molecule has 1 saturated carbocycles. The van der Waals surface area contributed by atoms with E-state index in [4.69, 9.17) is 11.6 Å². The first-order valence-electron chi connectivity index (χ1n) is 9.61. The maximum atomic E-state index is 11.7. The van der Waals surface area contributed by atoms with Gasteiger partial charge in [-0.05, 0) is 37.2 Å². The number of hydrogen-bond acceptors (Lipinski definition) is 3. The summed E-state index contributed by atoms with van der Waals surface area (Å²) in [5.74, 6) is 1.77. The summed E-state index contributed by atoms with van der Waals surface area (Å²) in [7, 11) is 0. The van der Waals surface area contributed by atoms with Crippen molar-refractivity contribution < 1.29 is 9.90 Å². The molecule has 1 amide bonds. The van der Waals surface area contributed by atoms with Crippen molar-refractivity contribution in [2.45, 2.75) is 38.1 Å². The van der Waals surface area contributed by atoms with Crippen LogP contribution in [0.15, 0.2) is 48.9 Å². The lowest BCUT2D eigenvalue weighted by molar-refractivity contribution is 0.126. The predicted molar refractivity (Wildman–Crippen MR) is 108 cm³/mol. The summed E-state index contributed by atoms with van der Waals surface area (Å²) in [6.07, 6.45) is 8.52. The quantitative estimate of drug-likeness (QED) is 0.667. The minimum atomic E-state index is -0.854. The molecule has 28 heavy (non-hydrogen) atoms. The molecular formula is C21H23ClN4O2. The van der Waals surface area contributed by atoms with Crippen molar-refractivity contribution in [3.8, 4) is 0 Å². The fourth-order valence-electron chi connectivity index (χ4n) is 4.15. The van der Waals surface area contributed by atoms with Crippen LogP contribution < -0.4 is 0 Å². The Bertz CT molecular complexity index is 951.